The molecule has 0 saturated carbocycles. The van der Waals surface area contributed by atoms with Crippen LogP contribution in [0.1, 0.15) is 18.4 Å². The maximum absolute atomic E-state index is 13.8. The Hall–Kier alpha value is -4.70. The minimum Gasteiger partial charge on any atom is -0.463 e. The van der Waals surface area contributed by atoms with Crippen molar-refractivity contribution in [3.63, 3.8) is 0 Å². The number of piperazine rings is 1. The zero-order chi connectivity index (χ0) is 31.9. The Morgan fingerprint density at radius 1 is 1.18 bits per heavy atom. The lowest BCUT2D eigenvalue weighted by atomic mass is 9.97. The quantitative estimate of drug-likeness (QED) is 0.143. The van der Waals surface area contributed by atoms with Gasteiger partial charge in [0.05, 0.1) is 22.7 Å². The third kappa shape index (κ3) is 5.90. The van der Waals surface area contributed by atoms with E-state index >= 15 is 0 Å². The van der Waals surface area contributed by atoms with Gasteiger partial charge >= 0.3 is 12.2 Å². The van der Waals surface area contributed by atoms with Gasteiger partial charge in [0, 0.05) is 31.1 Å². The number of furan rings is 1. The number of alkyl halides is 3. The predicted octanol–water partition coefficient (Wildman–Crippen LogP) is 5.95. The number of aromatic nitrogens is 2. The number of nitrogens with zero attached hydrogens (tertiary/aromatic N) is 6. The lowest BCUT2D eigenvalue weighted by Gasteiger charge is -2.39. The number of benzene rings is 2. The van der Waals surface area contributed by atoms with Gasteiger partial charge in [0.25, 0.3) is 5.91 Å². The maximum Gasteiger partial charge on any atom is 0.416 e. The SMILES string of the molecule is [C-]#[N+]C[C@H]1CN(c2nc(OC[C@@H]3CCCN3C)nc3cc(-c4cccc(C(F)(F)F)c4)c4ccoc4c23)CCN1C(=O)C(=C)F. The molecule has 0 radical (unpaired) electrons. The van der Waals surface area contributed by atoms with Crippen LogP contribution in [0.25, 0.3) is 37.8 Å². The first-order chi connectivity index (χ1) is 21.5. The van der Waals surface area contributed by atoms with Crippen LogP contribution in [0.4, 0.5) is 23.4 Å². The first kappa shape index (κ1) is 30.3. The largest absolute Gasteiger partial charge is 0.463 e. The zero-order valence-corrected chi connectivity index (χ0v) is 24.5. The van der Waals surface area contributed by atoms with Crippen LogP contribution in [-0.4, -0.2) is 84.1 Å². The van der Waals surface area contributed by atoms with Gasteiger partial charge in [-0.25, -0.2) is 11.0 Å². The van der Waals surface area contributed by atoms with Crippen LogP contribution in [-0.2, 0) is 11.0 Å². The van der Waals surface area contributed by atoms with Gasteiger partial charge in [-0.15, -0.1) is 0 Å². The summed E-state index contributed by atoms with van der Waals surface area (Å²) in [6, 6.07) is 8.06. The Labute approximate surface area is 256 Å². The van der Waals surface area contributed by atoms with Crippen molar-refractivity contribution in [3.05, 3.63) is 72.0 Å². The fraction of sp³-hybridized carbons (Fsp3) is 0.375. The van der Waals surface area contributed by atoms with Crippen molar-refractivity contribution in [1.82, 2.24) is 19.8 Å². The molecule has 1 amide bonds. The number of halogens is 4. The number of ether oxygens (including phenoxy) is 1. The summed E-state index contributed by atoms with van der Waals surface area (Å²) in [5.74, 6) is -1.54. The van der Waals surface area contributed by atoms with E-state index in [-0.39, 0.29) is 38.2 Å². The van der Waals surface area contributed by atoms with Crippen LogP contribution >= 0.6 is 0 Å². The molecule has 2 aromatic heterocycles. The molecule has 13 heteroatoms. The molecule has 234 valence electrons. The highest BCUT2D eigenvalue weighted by atomic mass is 19.4. The third-order valence-electron chi connectivity index (χ3n) is 8.52. The van der Waals surface area contributed by atoms with Crippen LogP contribution in [0, 0.1) is 6.57 Å². The fourth-order valence-corrected chi connectivity index (χ4v) is 6.19. The Morgan fingerprint density at radius 3 is 2.71 bits per heavy atom. The molecule has 2 atom stereocenters. The lowest BCUT2D eigenvalue weighted by Crippen LogP contribution is -2.56. The minimum atomic E-state index is -4.52. The summed E-state index contributed by atoms with van der Waals surface area (Å²) in [5.41, 5.74) is 0.811. The molecule has 2 aliphatic heterocycles. The summed E-state index contributed by atoms with van der Waals surface area (Å²) in [5, 5.41) is 1.07. The summed E-state index contributed by atoms with van der Waals surface area (Å²) in [4.78, 5) is 30.8. The van der Waals surface area contributed by atoms with Gasteiger partial charge in [-0.3, -0.25) is 4.79 Å². The Bertz CT molecular complexity index is 1820. The molecule has 4 aromatic rings. The first-order valence-corrected chi connectivity index (χ1v) is 14.5. The number of anilines is 1. The topological polar surface area (TPSA) is 79.3 Å². The van der Waals surface area contributed by atoms with Crippen LogP contribution < -0.4 is 9.64 Å². The number of fused-ring (bicyclic) bond motifs is 3. The van der Waals surface area contributed by atoms with Crippen molar-refractivity contribution in [1.29, 1.82) is 0 Å². The number of carbonyl (C=O) groups is 1. The van der Waals surface area contributed by atoms with Gasteiger partial charge < -0.3 is 28.7 Å². The number of likely N-dealkylation sites (tertiary alicyclic amines) is 1. The molecule has 2 saturated heterocycles. The van der Waals surface area contributed by atoms with E-state index in [9.17, 15) is 22.4 Å². The van der Waals surface area contributed by atoms with Crippen molar-refractivity contribution in [2.45, 2.75) is 31.1 Å². The van der Waals surface area contributed by atoms with Crippen molar-refractivity contribution in [2.75, 3.05) is 51.3 Å². The van der Waals surface area contributed by atoms with Crippen molar-refractivity contribution < 1.29 is 31.5 Å². The maximum atomic E-state index is 13.8. The van der Waals surface area contributed by atoms with Gasteiger partial charge in [0.1, 0.15) is 24.0 Å². The zero-order valence-electron chi connectivity index (χ0n) is 24.5. The molecule has 6 rings (SSSR count). The summed E-state index contributed by atoms with van der Waals surface area (Å²) in [6.45, 7) is 12.3. The standard InChI is InChI=1S/C32H30F4N6O3/c1-19(33)30(43)42-12-11-41(17-23(42)16-37-2)29-27-26(38-31(39-29)45-18-22-8-5-10-40(22)3)15-25(24-9-13-44-28(24)27)20-6-4-7-21(14-20)32(34,35)36/h4,6-7,9,13-15,22-23H,1,5,8,10-12,16-18H2,3H3/t22-,23-/m0/s1. The smallest absolute Gasteiger partial charge is 0.416 e. The summed E-state index contributed by atoms with van der Waals surface area (Å²) in [7, 11) is 2.02. The van der Waals surface area contributed by atoms with E-state index in [1.807, 2.05) is 11.9 Å². The van der Waals surface area contributed by atoms with E-state index in [4.69, 9.17) is 25.7 Å². The second-order valence-electron chi connectivity index (χ2n) is 11.3. The van der Waals surface area contributed by atoms with Crippen LogP contribution in [0.5, 0.6) is 6.01 Å². The Kier molecular flexibility index (Phi) is 8.09. The minimum absolute atomic E-state index is 0.0637. The van der Waals surface area contributed by atoms with Crippen LogP contribution in [0.15, 0.2) is 59.5 Å². The third-order valence-corrected chi connectivity index (χ3v) is 8.52. The van der Waals surface area contributed by atoms with E-state index in [1.165, 1.54) is 17.2 Å². The Morgan fingerprint density at radius 2 is 2.00 bits per heavy atom. The highest BCUT2D eigenvalue weighted by Gasteiger charge is 2.36. The summed E-state index contributed by atoms with van der Waals surface area (Å²) >= 11 is 0. The number of likely N-dealkylation sites (N-methyl/N-ethyl adjacent to an activating group) is 1. The normalized spacial score (nSPS) is 19.3. The van der Waals surface area contributed by atoms with Crippen LogP contribution in [0.3, 0.4) is 0 Å². The molecule has 45 heavy (non-hydrogen) atoms. The van der Waals surface area contributed by atoms with Gasteiger partial charge in [-0.05, 0) is 61.8 Å². The molecule has 9 nitrogen and oxygen atoms in total. The van der Waals surface area contributed by atoms with E-state index in [0.29, 0.717) is 45.4 Å². The second-order valence-corrected chi connectivity index (χ2v) is 11.3. The van der Waals surface area contributed by atoms with Crippen molar-refractivity contribution in [3.8, 4) is 17.1 Å². The summed E-state index contributed by atoms with van der Waals surface area (Å²) < 4.78 is 66.7. The Balaban J connectivity index is 1.48. The molecule has 2 fully saturated rings. The molecule has 0 bridgehead atoms. The van der Waals surface area contributed by atoms with E-state index in [1.54, 1.807) is 18.2 Å². The molecule has 2 aromatic carbocycles. The number of amides is 1. The van der Waals surface area contributed by atoms with Gasteiger partial charge in [0.15, 0.2) is 5.83 Å². The fourth-order valence-electron chi connectivity index (χ4n) is 6.19. The molecule has 4 heterocycles. The second kappa shape index (κ2) is 12.0. The lowest BCUT2D eigenvalue weighted by molar-refractivity contribution is -0.137. The number of hydrogen-bond acceptors (Lipinski definition) is 7. The number of rotatable bonds is 7. The summed E-state index contributed by atoms with van der Waals surface area (Å²) in [6.07, 6.45) is -1.07. The van der Waals surface area contributed by atoms with Gasteiger partial charge in [0.2, 0.25) is 6.54 Å². The van der Waals surface area contributed by atoms with Gasteiger partial charge in [-0.1, -0.05) is 18.7 Å². The van der Waals surface area contributed by atoms with Crippen LogP contribution in [0.2, 0.25) is 0 Å². The van der Waals surface area contributed by atoms with E-state index in [0.717, 1.165) is 31.5 Å². The highest BCUT2D eigenvalue weighted by molar-refractivity contribution is 6.14. The number of carbonyl (C=O) groups excluding carboxylic acids is 1. The average Bonchev–Trinajstić information content (AvgIpc) is 3.67. The molecular formula is C32H30F4N6O3. The first-order valence-electron chi connectivity index (χ1n) is 14.5. The highest BCUT2D eigenvalue weighted by Crippen LogP contribution is 2.41. The predicted molar refractivity (Wildman–Crippen MR) is 160 cm³/mol. The van der Waals surface area contributed by atoms with E-state index in [2.05, 4.69) is 16.3 Å². The molecule has 0 aliphatic carbocycles. The van der Waals surface area contributed by atoms with E-state index < -0.39 is 29.5 Å². The monoisotopic (exact) mass is 622 g/mol. The molecular weight excluding hydrogens is 592 g/mol. The molecule has 0 spiro atoms. The number of hydrogen-bond donors (Lipinski definition) is 0. The van der Waals surface area contributed by atoms with Gasteiger partial charge in [-0.2, -0.15) is 23.1 Å². The van der Waals surface area contributed by atoms with Crippen molar-refractivity contribution in [2.24, 2.45) is 0 Å². The molecule has 2 aliphatic rings. The van der Waals surface area contributed by atoms with Crippen molar-refractivity contribution >= 4 is 33.6 Å². The molecule has 0 unspecified atom stereocenters. The molecule has 0 N–H and O–H groups in total. The average molecular weight is 623 g/mol.